The minimum Gasteiger partial charge on any atom is -0.439 e. The van der Waals surface area contributed by atoms with E-state index in [4.69, 9.17) is 10.5 Å². The Bertz CT molecular complexity index is 701. The Balaban J connectivity index is 2.44. The molecule has 0 unspecified atom stereocenters. The third kappa shape index (κ3) is 3.26. The third-order valence-corrected chi connectivity index (χ3v) is 3.00. The first kappa shape index (κ1) is 16.0. The predicted molar refractivity (Wildman–Crippen MR) is 72.0 cm³/mol. The van der Waals surface area contributed by atoms with Crippen molar-refractivity contribution in [1.82, 2.24) is 9.97 Å². The molecule has 2 rings (SSSR count). The number of nitrogens with two attached hydrogens (primary N) is 1. The van der Waals surface area contributed by atoms with E-state index in [1.54, 1.807) is 6.92 Å². The normalized spacial score (nSPS) is 11.5. The number of nitrogen functional groups attached to an aromatic ring is 1. The molecular weight excluding hydrogens is 302 g/mol. The first-order valence-corrected chi connectivity index (χ1v) is 6.40. The Labute approximate surface area is 124 Å². The number of halogens is 4. The summed E-state index contributed by atoms with van der Waals surface area (Å²) in [4.78, 5) is 7.85. The topological polar surface area (TPSA) is 61.0 Å². The standard InChI is InChI=1S/C14H13F4N3O/c1-3-9-7(2)20-13(19)21-12(9)22-8-4-5-11(15)10(6-8)14(16,17)18/h4-6H,3H2,1-2H3,(H2,19,20,21). The molecule has 2 N–H and O–H groups in total. The second-order valence-corrected chi connectivity index (χ2v) is 4.55. The number of rotatable bonds is 3. The van der Waals surface area contributed by atoms with Gasteiger partial charge >= 0.3 is 6.18 Å². The van der Waals surface area contributed by atoms with Crippen LogP contribution in [0.3, 0.4) is 0 Å². The predicted octanol–water partition coefficient (Wildman–Crippen LogP) is 3.88. The van der Waals surface area contributed by atoms with Gasteiger partial charge in [0.25, 0.3) is 0 Å². The van der Waals surface area contributed by atoms with Crippen molar-refractivity contribution < 1.29 is 22.3 Å². The van der Waals surface area contributed by atoms with Crippen LogP contribution in [0.2, 0.25) is 0 Å². The Hall–Kier alpha value is -2.38. The van der Waals surface area contributed by atoms with Crippen molar-refractivity contribution in [3.63, 3.8) is 0 Å². The van der Waals surface area contributed by atoms with Crippen LogP contribution in [0.1, 0.15) is 23.7 Å². The van der Waals surface area contributed by atoms with Gasteiger partial charge in [0, 0.05) is 11.3 Å². The van der Waals surface area contributed by atoms with E-state index in [0.29, 0.717) is 29.8 Å². The Morgan fingerprint density at radius 3 is 2.50 bits per heavy atom. The van der Waals surface area contributed by atoms with Crippen LogP contribution < -0.4 is 10.5 Å². The van der Waals surface area contributed by atoms with Gasteiger partial charge in [0.15, 0.2) is 0 Å². The summed E-state index contributed by atoms with van der Waals surface area (Å²) in [5.74, 6) is -1.54. The highest BCUT2D eigenvalue weighted by atomic mass is 19.4. The van der Waals surface area contributed by atoms with E-state index in [1.165, 1.54) is 0 Å². The zero-order valence-corrected chi connectivity index (χ0v) is 11.8. The molecule has 118 valence electrons. The number of hydrogen-bond acceptors (Lipinski definition) is 4. The number of anilines is 1. The molecule has 0 aliphatic heterocycles. The van der Waals surface area contributed by atoms with Gasteiger partial charge in [-0.3, -0.25) is 0 Å². The average molecular weight is 315 g/mol. The largest absolute Gasteiger partial charge is 0.439 e. The molecule has 1 aromatic carbocycles. The minimum absolute atomic E-state index is 0.0529. The minimum atomic E-state index is -4.81. The molecule has 0 fully saturated rings. The summed E-state index contributed by atoms with van der Waals surface area (Å²) in [6.45, 7) is 3.51. The van der Waals surface area contributed by atoms with Crippen LogP contribution in [0.15, 0.2) is 18.2 Å². The number of aryl methyl sites for hydroxylation is 1. The van der Waals surface area contributed by atoms with Gasteiger partial charge in [0.1, 0.15) is 11.6 Å². The number of aromatic nitrogens is 2. The zero-order valence-electron chi connectivity index (χ0n) is 11.8. The summed E-state index contributed by atoms with van der Waals surface area (Å²) in [5.41, 5.74) is 5.31. The van der Waals surface area contributed by atoms with Crippen molar-refractivity contribution in [2.45, 2.75) is 26.4 Å². The lowest BCUT2D eigenvalue weighted by Crippen LogP contribution is -2.09. The van der Waals surface area contributed by atoms with Gasteiger partial charge in [-0.25, -0.2) is 9.37 Å². The summed E-state index contributed by atoms with van der Waals surface area (Å²) in [5, 5.41) is 0. The highest BCUT2D eigenvalue weighted by molar-refractivity contribution is 5.40. The van der Waals surface area contributed by atoms with Gasteiger partial charge in [-0.1, -0.05) is 6.92 Å². The first-order valence-electron chi connectivity index (χ1n) is 6.40. The van der Waals surface area contributed by atoms with Crippen LogP contribution in [-0.2, 0) is 12.6 Å². The molecule has 0 amide bonds. The van der Waals surface area contributed by atoms with E-state index in [0.717, 1.165) is 6.07 Å². The molecule has 0 atom stereocenters. The molecular formula is C14H13F4N3O. The number of benzene rings is 1. The summed E-state index contributed by atoms with van der Waals surface area (Å²) in [7, 11) is 0. The van der Waals surface area contributed by atoms with Crippen LogP contribution in [0.4, 0.5) is 23.5 Å². The lowest BCUT2D eigenvalue weighted by atomic mass is 10.1. The van der Waals surface area contributed by atoms with E-state index in [1.807, 2.05) is 6.92 Å². The Kier molecular flexibility index (Phi) is 4.20. The second kappa shape index (κ2) is 5.78. The monoisotopic (exact) mass is 315 g/mol. The van der Waals surface area contributed by atoms with Crippen LogP contribution in [0, 0.1) is 12.7 Å². The summed E-state index contributed by atoms with van der Waals surface area (Å²) in [6, 6.07) is 2.38. The fourth-order valence-electron chi connectivity index (χ4n) is 1.98. The maximum atomic E-state index is 13.3. The van der Waals surface area contributed by atoms with Gasteiger partial charge < -0.3 is 10.5 Å². The summed E-state index contributed by atoms with van der Waals surface area (Å²) < 4.78 is 56.7. The van der Waals surface area contributed by atoms with Crippen molar-refractivity contribution in [2.24, 2.45) is 0 Å². The quantitative estimate of drug-likeness (QED) is 0.873. The van der Waals surface area contributed by atoms with Crippen LogP contribution in [0.5, 0.6) is 11.6 Å². The number of alkyl halides is 3. The van der Waals surface area contributed by atoms with Gasteiger partial charge in [0.2, 0.25) is 11.8 Å². The molecule has 0 saturated carbocycles. The molecule has 1 heterocycles. The number of ether oxygens (including phenoxy) is 1. The molecule has 0 aliphatic carbocycles. The molecule has 8 heteroatoms. The van der Waals surface area contributed by atoms with Gasteiger partial charge in [-0.05, 0) is 31.5 Å². The molecule has 4 nitrogen and oxygen atoms in total. The molecule has 0 saturated heterocycles. The summed E-state index contributed by atoms with van der Waals surface area (Å²) >= 11 is 0. The van der Waals surface area contributed by atoms with E-state index >= 15 is 0 Å². The maximum absolute atomic E-state index is 13.3. The highest BCUT2D eigenvalue weighted by Gasteiger charge is 2.34. The van der Waals surface area contributed by atoms with Crippen molar-refractivity contribution in [2.75, 3.05) is 5.73 Å². The third-order valence-electron chi connectivity index (χ3n) is 3.00. The van der Waals surface area contributed by atoms with Gasteiger partial charge in [0.05, 0.1) is 5.56 Å². The van der Waals surface area contributed by atoms with Crippen molar-refractivity contribution in [3.05, 3.63) is 40.8 Å². The molecule has 0 radical (unpaired) electrons. The highest BCUT2D eigenvalue weighted by Crippen LogP contribution is 2.35. The van der Waals surface area contributed by atoms with Crippen molar-refractivity contribution in [3.8, 4) is 11.6 Å². The fraction of sp³-hybridized carbons (Fsp3) is 0.286. The van der Waals surface area contributed by atoms with Crippen molar-refractivity contribution >= 4 is 5.95 Å². The van der Waals surface area contributed by atoms with Crippen LogP contribution >= 0.6 is 0 Å². The van der Waals surface area contributed by atoms with Gasteiger partial charge in [-0.15, -0.1) is 0 Å². The molecule has 0 bridgehead atoms. The Morgan fingerprint density at radius 1 is 1.23 bits per heavy atom. The average Bonchev–Trinajstić information content (AvgIpc) is 2.39. The molecule has 0 spiro atoms. The number of hydrogen-bond donors (Lipinski definition) is 1. The van der Waals surface area contributed by atoms with E-state index < -0.39 is 17.6 Å². The molecule has 2 aromatic rings. The first-order chi connectivity index (χ1) is 10.2. The maximum Gasteiger partial charge on any atom is 0.419 e. The molecule has 0 aliphatic rings. The number of nitrogens with zero attached hydrogens (tertiary/aromatic N) is 2. The lowest BCUT2D eigenvalue weighted by Gasteiger charge is -2.13. The van der Waals surface area contributed by atoms with Crippen molar-refractivity contribution in [1.29, 1.82) is 0 Å². The van der Waals surface area contributed by atoms with Gasteiger partial charge in [-0.2, -0.15) is 18.2 Å². The molecule has 22 heavy (non-hydrogen) atoms. The smallest absolute Gasteiger partial charge is 0.419 e. The van der Waals surface area contributed by atoms with E-state index in [-0.39, 0.29) is 17.6 Å². The SMILES string of the molecule is CCc1c(C)nc(N)nc1Oc1ccc(F)c(C(F)(F)F)c1. The Morgan fingerprint density at radius 2 is 1.91 bits per heavy atom. The van der Waals surface area contributed by atoms with E-state index in [9.17, 15) is 17.6 Å². The van der Waals surface area contributed by atoms with Crippen LogP contribution in [-0.4, -0.2) is 9.97 Å². The second-order valence-electron chi connectivity index (χ2n) is 4.55. The summed E-state index contributed by atoms with van der Waals surface area (Å²) in [6.07, 6.45) is -4.30. The fourth-order valence-corrected chi connectivity index (χ4v) is 1.98. The van der Waals surface area contributed by atoms with E-state index in [2.05, 4.69) is 9.97 Å². The lowest BCUT2D eigenvalue weighted by molar-refractivity contribution is -0.140. The van der Waals surface area contributed by atoms with Crippen LogP contribution in [0.25, 0.3) is 0 Å². The zero-order chi connectivity index (χ0) is 16.5. The molecule has 1 aromatic heterocycles.